The molecule has 4 heteroatoms. The zero-order chi connectivity index (χ0) is 13.3. The van der Waals surface area contributed by atoms with Crippen LogP contribution < -0.4 is 15.4 Å². The second-order valence-corrected chi connectivity index (χ2v) is 4.78. The van der Waals surface area contributed by atoms with Gasteiger partial charge in [-0.3, -0.25) is 4.79 Å². The summed E-state index contributed by atoms with van der Waals surface area (Å²) < 4.78 is 5.74. The van der Waals surface area contributed by atoms with Crippen molar-refractivity contribution >= 4 is 11.6 Å². The van der Waals surface area contributed by atoms with Gasteiger partial charge in [-0.2, -0.15) is 0 Å². The SMILES string of the molecule is CCC1Oc2ccc(C)cc2N(C(C)CN)C1=O. The van der Waals surface area contributed by atoms with E-state index in [1.165, 1.54) is 0 Å². The first-order valence-corrected chi connectivity index (χ1v) is 6.39. The number of anilines is 1. The van der Waals surface area contributed by atoms with Crippen LogP contribution in [0.1, 0.15) is 25.8 Å². The van der Waals surface area contributed by atoms with Crippen molar-refractivity contribution in [2.24, 2.45) is 5.73 Å². The van der Waals surface area contributed by atoms with Crippen LogP contribution in [0.2, 0.25) is 0 Å². The molecule has 1 aromatic carbocycles. The standard InChI is InChI=1S/C14H20N2O2/c1-4-12-14(17)16(10(3)8-15)11-7-9(2)5-6-13(11)18-12/h5-7,10,12H,4,8,15H2,1-3H3. The fourth-order valence-corrected chi connectivity index (χ4v) is 2.21. The normalized spacial score (nSPS) is 20.3. The predicted molar refractivity (Wildman–Crippen MR) is 71.9 cm³/mol. The molecule has 4 nitrogen and oxygen atoms in total. The van der Waals surface area contributed by atoms with Crippen LogP contribution in [0.5, 0.6) is 5.75 Å². The van der Waals surface area contributed by atoms with Crippen LogP contribution in [-0.2, 0) is 4.79 Å². The first-order chi connectivity index (χ1) is 8.58. The molecule has 1 aliphatic rings. The van der Waals surface area contributed by atoms with Gasteiger partial charge in [-0.05, 0) is 38.0 Å². The van der Waals surface area contributed by atoms with Gasteiger partial charge in [-0.15, -0.1) is 0 Å². The largest absolute Gasteiger partial charge is 0.478 e. The molecule has 2 unspecified atom stereocenters. The summed E-state index contributed by atoms with van der Waals surface area (Å²) in [5, 5.41) is 0. The van der Waals surface area contributed by atoms with Crippen LogP contribution in [0.3, 0.4) is 0 Å². The molecule has 0 aromatic heterocycles. The monoisotopic (exact) mass is 248 g/mol. The van der Waals surface area contributed by atoms with E-state index in [4.69, 9.17) is 10.5 Å². The second kappa shape index (κ2) is 4.98. The van der Waals surface area contributed by atoms with Crippen LogP contribution in [0.15, 0.2) is 18.2 Å². The minimum Gasteiger partial charge on any atom is -0.478 e. The number of nitrogens with two attached hydrogens (primary N) is 1. The molecule has 0 bridgehead atoms. The lowest BCUT2D eigenvalue weighted by atomic mass is 10.1. The van der Waals surface area contributed by atoms with E-state index < -0.39 is 6.10 Å². The van der Waals surface area contributed by atoms with Gasteiger partial charge in [0.15, 0.2) is 6.10 Å². The third-order valence-corrected chi connectivity index (χ3v) is 3.31. The second-order valence-electron chi connectivity index (χ2n) is 4.78. The Kier molecular flexibility index (Phi) is 3.57. The summed E-state index contributed by atoms with van der Waals surface area (Å²) in [6.45, 7) is 6.35. The molecule has 2 atom stereocenters. The van der Waals surface area contributed by atoms with Crippen LogP contribution in [0.4, 0.5) is 5.69 Å². The Hall–Kier alpha value is -1.55. The van der Waals surface area contributed by atoms with E-state index in [0.29, 0.717) is 13.0 Å². The molecule has 0 fully saturated rings. The van der Waals surface area contributed by atoms with Gasteiger partial charge in [0.1, 0.15) is 5.75 Å². The van der Waals surface area contributed by atoms with Crippen molar-refractivity contribution in [2.75, 3.05) is 11.4 Å². The molecule has 0 spiro atoms. The molecule has 2 N–H and O–H groups in total. The van der Waals surface area contributed by atoms with E-state index in [1.807, 2.05) is 39.0 Å². The summed E-state index contributed by atoms with van der Waals surface area (Å²) in [5.41, 5.74) is 7.65. The average Bonchev–Trinajstić information content (AvgIpc) is 2.37. The van der Waals surface area contributed by atoms with Gasteiger partial charge in [0, 0.05) is 12.6 Å². The van der Waals surface area contributed by atoms with Crippen LogP contribution in [0.25, 0.3) is 0 Å². The number of nitrogens with zero attached hydrogens (tertiary/aromatic N) is 1. The summed E-state index contributed by atoms with van der Waals surface area (Å²) in [6, 6.07) is 5.88. The van der Waals surface area contributed by atoms with E-state index >= 15 is 0 Å². The number of hydrogen-bond acceptors (Lipinski definition) is 3. The van der Waals surface area contributed by atoms with Crippen molar-refractivity contribution in [1.82, 2.24) is 0 Å². The topological polar surface area (TPSA) is 55.6 Å². The number of fused-ring (bicyclic) bond motifs is 1. The Morgan fingerprint density at radius 2 is 2.22 bits per heavy atom. The summed E-state index contributed by atoms with van der Waals surface area (Å²) in [5.74, 6) is 0.779. The molecular weight excluding hydrogens is 228 g/mol. The van der Waals surface area contributed by atoms with Crippen molar-refractivity contribution in [2.45, 2.75) is 39.3 Å². The van der Waals surface area contributed by atoms with Crippen LogP contribution in [0, 0.1) is 6.92 Å². The lowest BCUT2D eigenvalue weighted by Crippen LogP contribution is -2.51. The van der Waals surface area contributed by atoms with Gasteiger partial charge in [0.2, 0.25) is 0 Å². The maximum atomic E-state index is 12.4. The molecule has 1 heterocycles. The maximum Gasteiger partial charge on any atom is 0.268 e. The number of rotatable bonds is 3. The number of benzene rings is 1. The van der Waals surface area contributed by atoms with Crippen molar-refractivity contribution in [3.63, 3.8) is 0 Å². The van der Waals surface area contributed by atoms with E-state index in [9.17, 15) is 4.79 Å². The van der Waals surface area contributed by atoms with Crippen molar-refractivity contribution in [1.29, 1.82) is 0 Å². The zero-order valence-corrected chi connectivity index (χ0v) is 11.1. The van der Waals surface area contributed by atoms with Gasteiger partial charge in [-0.1, -0.05) is 13.0 Å². The highest BCUT2D eigenvalue weighted by molar-refractivity contribution is 6.00. The molecule has 18 heavy (non-hydrogen) atoms. The molecule has 0 radical (unpaired) electrons. The molecule has 0 saturated heterocycles. The van der Waals surface area contributed by atoms with Gasteiger partial charge in [0.25, 0.3) is 5.91 Å². The highest BCUT2D eigenvalue weighted by Gasteiger charge is 2.35. The Morgan fingerprint density at radius 1 is 1.50 bits per heavy atom. The van der Waals surface area contributed by atoms with Crippen molar-refractivity contribution in [3.05, 3.63) is 23.8 Å². The quantitative estimate of drug-likeness (QED) is 0.888. The smallest absolute Gasteiger partial charge is 0.268 e. The minimum atomic E-state index is -0.394. The number of hydrogen-bond donors (Lipinski definition) is 1. The average molecular weight is 248 g/mol. The molecule has 1 aliphatic heterocycles. The van der Waals surface area contributed by atoms with E-state index in [1.54, 1.807) is 4.90 Å². The van der Waals surface area contributed by atoms with E-state index in [-0.39, 0.29) is 11.9 Å². The summed E-state index contributed by atoms with van der Waals surface area (Å²) in [4.78, 5) is 14.2. The fourth-order valence-electron chi connectivity index (χ4n) is 2.21. The fraction of sp³-hybridized carbons (Fsp3) is 0.500. The van der Waals surface area contributed by atoms with Gasteiger partial charge in [-0.25, -0.2) is 0 Å². The highest BCUT2D eigenvalue weighted by atomic mass is 16.5. The first-order valence-electron chi connectivity index (χ1n) is 6.39. The molecular formula is C14H20N2O2. The number of ether oxygens (including phenoxy) is 1. The lowest BCUT2D eigenvalue weighted by molar-refractivity contribution is -0.126. The third-order valence-electron chi connectivity index (χ3n) is 3.31. The molecule has 1 amide bonds. The van der Waals surface area contributed by atoms with Gasteiger partial charge < -0.3 is 15.4 Å². The number of amides is 1. The minimum absolute atomic E-state index is 0.00792. The third kappa shape index (κ3) is 2.08. The molecule has 0 aliphatic carbocycles. The van der Waals surface area contributed by atoms with Crippen LogP contribution >= 0.6 is 0 Å². The van der Waals surface area contributed by atoms with Crippen LogP contribution in [-0.4, -0.2) is 24.6 Å². The lowest BCUT2D eigenvalue weighted by Gasteiger charge is -2.37. The van der Waals surface area contributed by atoms with E-state index in [0.717, 1.165) is 17.0 Å². The Bertz CT molecular complexity index is 459. The van der Waals surface area contributed by atoms with Gasteiger partial charge >= 0.3 is 0 Å². The number of carbonyl (C=O) groups excluding carboxylic acids is 1. The summed E-state index contributed by atoms with van der Waals surface area (Å²) in [6.07, 6.45) is 0.272. The predicted octanol–water partition coefficient (Wildman–Crippen LogP) is 1.85. The molecule has 0 saturated carbocycles. The summed E-state index contributed by atoms with van der Waals surface area (Å²) >= 11 is 0. The summed E-state index contributed by atoms with van der Waals surface area (Å²) in [7, 11) is 0. The molecule has 98 valence electrons. The Balaban J connectivity index is 2.49. The van der Waals surface area contributed by atoms with Crippen molar-refractivity contribution < 1.29 is 9.53 Å². The maximum absolute atomic E-state index is 12.4. The number of aryl methyl sites for hydroxylation is 1. The number of carbonyl (C=O) groups is 1. The Labute approximate surface area is 108 Å². The van der Waals surface area contributed by atoms with Gasteiger partial charge in [0.05, 0.1) is 5.69 Å². The Morgan fingerprint density at radius 3 is 2.83 bits per heavy atom. The zero-order valence-electron chi connectivity index (χ0n) is 11.1. The first kappa shape index (κ1) is 12.9. The molecule has 1 aromatic rings. The van der Waals surface area contributed by atoms with E-state index in [2.05, 4.69) is 0 Å². The molecule has 2 rings (SSSR count). The van der Waals surface area contributed by atoms with Crippen molar-refractivity contribution in [3.8, 4) is 5.75 Å². The highest BCUT2D eigenvalue weighted by Crippen LogP contribution is 2.36.